The molecule has 0 aliphatic rings. The predicted octanol–water partition coefficient (Wildman–Crippen LogP) is 11.2. The molecule has 0 aliphatic heterocycles. The molecule has 0 saturated carbocycles. The Morgan fingerprint density at radius 2 is 0.804 bits per heavy atom. The summed E-state index contributed by atoms with van der Waals surface area (Å²) in [5.74, 6) is 0. The van der Waals surface area contributed by atoms with Crippen LogP contribution in [0.25, 0.3) is 33.2 Å². The van der Waals surface area contributed by atoms with Crippen LogP contribution in [-0.4, -0.2) is 9.13 Å². The highest BCUT2D eigenvalue weighted by atomic mass is 19.4. The van der Waals surface area contributed by atoms with Gasteiger partial charge in [0.25, 0.3) is 0 Å². The molecule has 0 amide bonds. The lowest BCUT2D eigenvalue weighted by atomic mass is 9.78. The third-order valence-electron chi connectivity index (χ3n) is 9.58. The summed E-state index contributed by atoms with van der Waals surface area (Å²) < 4.78 is 49.8. The highest BCUT2D eigenvalue weighted by Gasteiger charge is 2.39. The third-order valence-corrected chi connectivity index (χ3v) is 9.58. The maximum absolute atomic E-state index is 15.5. The zero-order valence-corrected chi connectivity index (χ0v) is 26.3. The van der Waals surface area contributed by atoms with E-state index in [1.165, 1.54) is 0 Å². The first-order valence-corrected chi connectivity index (χ1v) is 15.5. The number of alkyl halides is 3. The van der Waals surface area contributed by atoms with Gasteiger partial charge in [0.15, 0.2) is 0 Å². The van der Waals surface area contributed by atoms with Gasteiger partial charge in [0, 0.05) is 34.0 Å². The molecule has 5 heteroatoms. The molecule has 5 aromatic carbocycles. The quantitative estimate of drug-likeness (QED) is 0.177. The summed E-state index contributed by atoms with van der Waals surface area (Å²) in [5, 5.41) is 1.85. The lowest BCUT2D eigenvalue weighted by Crippen LogP contribution is -2.19. The zero-order valence-electron chi connectivity index (χ0n) is 26.3. The van der Waals surface area contributed by atoms with Crippen molar-refractivity contribution in [1.29, 1.82) is 0 Å². The van der Waals surface area contributed by atoms with Gasteiger partial charge in [-0.1, -0.05) is 131 Å². The lowest BCUT2D eigenvalue weighted by Gasteiger charge is -2.25. The van der Waals surface area contributed by atoms with Crippen molar-refractivity contribution in [2.24, 2.45) is 0 Å². The van der Waals surface area contributed by atoms with Gasteiger partial charge in [-0.2, -0.15) is 13.2 Å². The summed E-state index contributed by atoms with van der Waals surface area (Å²) in [6.07, 6.45) is -0.847. The van der Waals surface area contributed by atoms with Crippen LogP contribution in [0, 0.1) is 0 Å². The summed E-state index contributed by atoms with van der Waals surface area (Å²) in [4.78, 5) is 0. The average Bonchev–Trinajstić information content (AvgIpc) is 3.65. The molecule has 0 fully saturated rings. The van der Waals surface area contributed by atoms with Crippen molar-refractivity contribution in [3.05, 3.63) is 168 Å². The highest BCUT2D eigenvalue weighted by Crippen LogP contribution is 2.45. The van der Waals surface area contributed by atoms with Gasteiger partial charge in [-0.3, -0.25) is 0 Å². The molecule has 2 aromatic heterocycles. The SMILES string of the molecule is CC(C)(c1ccccc1)c1cn(-c2cccc(-n3cc(C(C)(C)c4ccccc4)c4ccccc43)c2C(F)(F)F)c2ccccc12. The largest absolute Gasteiger partial charge is 0.420 e. The molecule has 7 rings (SSSR count). The van der Waals surface area contributed by atoms with Crippen LogP contribution in [0.5, 0.6) is 0 Å². The number of rotatable bonds is 6. The fourth-order valence-electron chi connectivity index (χ4n) is 6.99. The van der Waals surface area contributed by atoms with Gasteiger partial charge in [0.05, 0.1) is 22.4 Å². The Morgan fingerprint density at radius 3 is 1.20 bits per heavy atom. The highest BCUT2D eigenvalue weighted by molar-refractivity contribution is 5.89. The summed E-state index contributed by atoms with van der Waals surface area (Å²) >= 11 is 0. The number of fused-ring (bicyclic) bond motifs is 2. The fourth-order valence-corrected chi connectivity index (χ4v) is 6.99. The number of hydrogen-bond acceptors (Lipinski definition) is 0. The van der Waals surface area contributed by atoms with Crippen molar-refractivity contribution in [3.63, 3.8) is 0 Å². The van der Waals surface area contributed by atoms with Crippen molar-refractivity contribution in [2.45, 2.75) is 44.7 Å². The summed E-state index contributed by atoms with van der Waals surface area (Å²) in [7, 11) is 0. The normalized spacial score (nSPS) is 12.7. The Hall–Kier alpha value is -5.03. The minimum Gasteiger partial charge on any atom is -0.316 e. The standard InChI is InChI=1S/C41H35F3N2/c1-39(2,28-16-7-5-8-17-28)32-26-45(34-22-13-11-20-30(32)34)36-24-15-25-37(38(36)41(42,43)44)46-27-33(31-21-12-14-23-35(31)46)40(3,4)29-18-9-6-10-19-29/h5-27H,1-4H3. The van der Waals surface area contributed by atoms with Crippen molar-refractivity contribution < 1.29 is 13.2 Å². The average molecular weight is 613 g/mol. The minimum atomic E-state index is -4.63. The van der Waals surface area contributed by atoms with E-state index in [2.05, 4.69) is 52.0 Å². The van der Waals surface area contributed by atoms with Crippen LogP contribution in [0.2, 0.25) is 0 Å². The first-order valence-electron chi connectivity index (χ1n) is 15.5. The summed E-state index contributed by atoms with van der Waals surface area (Å²) in [5.41, 5.74) is 4.19. The van der Waals surface area contributed by atoms with Crippen LogP contribution < -0.4 is 0 Å². The van der Waals surface area contributed by atoms with E-state index < -0.39 is 22.6 Å². The molecule has 0 spiro atoms. The first kappa shape index (κ1) is 29.7. The van der Waals surface area contributed by atoms with Gasteiger partial charge in [0.2, 0.25) is 0 Å². The molecular weight excluding hydrogens is 577 g/mol. The number of benzene rings is 5. The van der Waals surface area contributed by atoms with Crippen molar-refractivity contribution in [3.8, 4) is 11.4 Å². The Morgan fingerprint density at radius 1 is 0.435 bits per heavy atom. The minimum absolute atomic E-state index is 0.0953. The van der Waals surface area contributed by atoms with Gasteiger partial charge in [0.1, 0.15) is 5.56 Å². The lowest BCUT2D eigenvalue weighted by molar-refractivity contribution is -0.137. The molecule has 0 unspecified atom stereocenters. The first-order chi connectivity index (χ1) is 22.0. The molecule has 2 heterocycles. The predicted molar refractivity (Wildman–Crippen MR) is 182 cm³/mol. The van der Waals surface area contributed by atoms with Crippen LogP contribution >= 0.6 is 0 Å². The summed E-state index contributed by atoms with van der Waals surface area (Å²) in [6, 6.07) is 40.6. The molecule has 0 N–H and O–H groups in total. The molecule has 46 heavy (non-hydrogen) atoms. The number of para-hydroxylation sites is 2. The van der Waals surface area contributed by atoms with E-state index in [9.17, 15) is 0 Å². The van der Waals surface area contributed by atoms with Gasteiger partial charge in [-0.05, 0) is 46.5 Å². The zero-order chi connectivity index (χ0) is 32.3. The Bertz CT molecular complexity index is 2030. The molecule has 0 atom stereocenters. The van der Waals surface area contributed by atoms with E-state index in [0.717, 1.165) is 44.1 Å². The van der Waals surface area contributed by atoms with Gasteiger partial charge >= 0.3 is 6.18 Å². The van der Waals surface area contributed by atoms with Crippen LogP contribution in [0.15, 0.2) is 140 Å². The van der Waals surface area contributed by atoms with Crippen molar-refractivity contribution >= 4 is 21.8 Å². The van der Waals surface area contributed by atoms with E-state index in [4.69, 9.17) is 0 Å². The smallest absolute Gasteiger partial charge is 0.316 e. The molecule has 0 saturated heterocycles. The topological polar surface area (TPSA) is 9.86 Å². The van der Waals surface area contributed by atoms with E-state index in [-0.39, 0.29) is 11.4 Å². The monoisotopic (exact) mass is 612 g/mol. The van der Waals surface area contributed by atoms with E-state index in [0.29, 0.717) is 0 Å². The maximum atomic E-state index is 15.5. The van der Waals surface area contributed by atoms with E-state index in [1.807, 2.05) is 97.3 Å². The third kappa shape index (κ3) is 4.73. The maximum Gasteiger partial charge on any atom is 0.420 e. The van der Waals surface area contributed by atoms with E-state index in [1.54, 1.807) is 27.3 Å². The van der Waals surface area contributed by atoms with Gasteiger partial charge in [-0.25, -0.2) is 0 Å². The van der Waals surface area contributed by atoms with Crippen molar-refractivity contribution in [1.82, 2.24) is 9.13 Å². The van der Waals surface area contributed by atoms with Crippen molar-refractivity contribution in [2.75, 3.05) is 0 Å². The number of hydrogen-bond donors (Lipinski definition) is 0. The second kappa shape index (κ2) is 10.8. The molecule has 0 bridgehead atoms. The molecule has 0 radical (unpaired) electrons. The van der Waals surface area contributed by atoms with Crippen LogP contribution in [0.3, 0.4) is 0 Å². The van der Waals surface area contributed by atoms with Crippen LogP contribution in [0.1, 0.15) is 55.5 Å². The second-order valence-corrected chi connectivity index (χ2v) is 13.0. The number of nitrogens with zero attached hydrogens (tertiary/aromatic N) is 2. The molecule has 2 nitrogen and oxygen atoms in total. The van der Waals surface area contributed by atoms with E-state index >= 15 is 13.2 Å². The Kier molecular flexibility index (Phi) is 6.97. The Labute approximate surface area is 267 Å². The van der Waals surface area contributed by atoms with Gasteiger partial charge < -0.3 is 9.13 Å². The molecular formula is C41H35F3N2. The number of aromatic nitrogens is 2. The second-order valence-electron chi connectivity index (χ2n) is 13.0. The van der Waals surface area contributed by atoms with Crippen LogP contribution in [-0.2, 0) is 17.0 Å². The van der Waals surface area contributed by atoms with Crippen LogP contribution in [0.4, 0.5) is 13.2 Å². The molecule has 230 valence electrons. The Balaban J connectivity index is 1.49. The fraction of sp³-hybridized carbons (Fsp3) is 0.171. The molecule has 7 aromatic rings. The molecule has 0 aliphatic carbocycles. The number of halogens is 3. The summed E-state index contributed by atoms with van der Waals surface area (Å²) in [6.45, 7) is 8.49. The van der Waals surface area contributed by atoms with Gasteiger partial charge in [-0.15, -0.1) is 0 Å².